The summed E-state index contributed by atoms with van der Waals surface area (Å²) >= 11 is -2.26. The molecule has 0 fully saturated rings. The molecule has 0 aliphatic rings. The van der Waals surface area contributed by atoms with Gasteiger partial charge in [-0.05, 0) is 5.92 Å². The normalized spacial score (nSPS) is 15.2. The van der Waals surface area contributed by atoms with Crippen LogP contribution in [0.5, 0.6) is 0 Å². The number of hydrogen-bond donors (Lipinski definition) is 1. The largest absolute Gasteiger partial charge is 0.469 e. The maximum atomic E-state index is 10.7. The van der Waals surface area contributed by atoms with Crippen LogP contribution in [0, 0.1) is 5.92 Å². The van der Waals surface area contributed by atoms with Crippen LogP contribution in [0.4, 0.5) is 0 Å². The van der Waals surface area contributed by atoms with E-state index in [0.29, 0.717) is 0 Å². The number of ether oxygens (including phenoxy) is 1. The molecule has 12 heavy (non-hydrogen) atoms. The Morgan fingerprint density at radius 2 is 2.25 bits per heavy atom. The highest BCUT2D eigenvalue weighted by Crippen LogP contribution is 2.03. The second-order valence-corrected chi connectivity index (χ2v) is 3.06. The van der Waals surface area contributed by atoms with Crippen LogP contribution in [0.25, 0.3) is 0 Å². The summed E-state index contributed by atoms with van der Waals surface area (Å²) in [7, 11) is 1.29. The molecule has 5 nitrogen and oxygen atoms in total. The standard InChI is InChI=1S/C6H12O5S/c1-5(3-6(7)10-2)4-11-12(8)9/h5H,3-4H2,1-2H3,(H,8,9). The molecular formula is C6H12O5S. The zero-order valence-corrected chi connectivity index (χ0v) is 7.80. The van der Waals surface area contributed by atoms with E-state index in [-0.39, 0.29) is 24.9 Å². The molecule has 0 aliphatic heterocycles. The van der Waals surface area contributed by atoms with Gasteiger partial charge in [0, 0.05) is 0 Å². The lowest BCUT2D eigenvalue weighted by molar-refractivity contribution is -0.141. The minimum atomic E-state index is -2.26. The topological polar surface area (TPSA) is 72.8 Å². The van der Waals surface area contributed by atoms with Crippen molar-refractivity contribution in [2.75, 3.05) is 13.7 Å². The number of carbonyl (C=O) groups is 1. The maximum Gasteiger partial charge on any atom is 0.305 e. The van der Waals surface area contributed by atoms with Gasteiger partial charge in [-0.25, -0.2) is 0 Å². The number of rotatable bonds is 5. The Kier molecular flexibility index (Phi) is 5.87. The molecule has 2 atom stereocenters. The molecule has 2 unspecified atom stereocenters. The van der Waals surface area contributed by atoms with Crippen molar-refractivity contribution in [3.8, 4) is 0 Å². The fraction of sp³-hybridized carbons (Fsp3) is 0.833. The van der Waals surface area contributed by atoms with Gasteiger partial charge in [-0.1, -0.05) is 6.92 Å². The van der Waals surface area contributed by atoms with Crippen molar-refractivity contribution < 1.29 is 22.5 Å². The summed E-state index contributed by atoms with van der Waals surface area (Å²) in [5.41, 5.74) is 0. The highest BCUT2D eigenvalue weighted by Gasteiger charge is 2.10. The Morgan fingerprint density at radius 3 is 2.67 bits per heavy atom. The SMILES string of the molecule is COC(=O)CC(C)COS(=O)O. The van der Waals surface area contributed by atoms with Gasteiger partial charge in [-0.2, -0.15) is 4.21 Å². The monoisotopic (exact) mass is 196 g/mol. The predicted octanol–water partition coefficient (Wildman–Crippen LogP) is 0.339. The molecule has 0 spiro atoms. The molecule has 0 aromatic rings. The Bertz CT molecular complexity index is 169. The van der Waals surface area contributed by atoms with E-state index >= 15 is 0 Å². The molecule has 6 heteroatoms. The van der Waals surface area contributed by atoms with E-state index in [0.717, 1.165) is 0 Å². The van der Waals surface area contributed by atoms with Crippen LogP contribution in [0.3, 0.4) is 0 Å². The van der Waals surface area contributed by atoms with Gasteiger partial charge in [-0.3, -0.25) is 13.5 Å². The predicted molar refractivity (Wildman–Crippen MR) is 42.5 cm³/mol. The first kappa shape index (κ1) is 11.5. The van der Waals surface area contributed by atoms with Gasteiger partial charge in [0.05, 0.1) is 20.1 Å². The molecule has 0 heterocycles. The fourth-order valence-corrected chi connectivity index (χ4v) is 0.950. The van der Waals surface area contributed by atoms with Gasteiger partial charge in [0.1, 0.15) is 0 Å². The summed E-state index contributed by atoms with van der Waals surface area (Å²) in [5, 5.41) is 0. The van der Waals surface area contributed by atoms with Crippen molar-refractivity contribution >= 4 is 17.3 Å². The van der Waals surface area contributed by atoms with Crippen molar-refractivity contribution in [1.82, 2.24) is 0 Å². The van der Waals surface area contributed by atoms with Crippen LogP contribution in [0.1, 0.15) is 13.3 Å². The lowest BCUT2D eigenvalue weighted by Gasteiger charge is -2.07. The van der Waals surface area contributed by atoms with Crippen LogP contribution >= 0.6 is 0 Å². The second kappa shape index (κ2) is 6.10. The summed E-state index contributed by atoms with van der Waals surface area (Å²) in [4.78, 5) is 10.7. The van der Waals surface area contributed by atoms with E-state index in [2.05, 4.69) is 8.92 Å². The van der Waals surface area contributed by atoms with Gasteiger partial charge < -0.3 is 4.74 Å². The number of methoxy groups -OCH3 is 1. The summed E-state index contributed by atoms with van der Waals surface area (Å²) in [6.07, 6.45) is 0.188. The van der Waals surface area contributed by atoms with E-state index in [1.807, 2.05) is 0 Å². The Balaban J connectivity index is 3.52. The van der Waals surface area contributed by atoms with Crippen LogP contribution in [-0.4, -0.2) is 28.4 Å². The first-order valence-corrected chi connectivity index (χ1v) is 4.40. The number of esters is 1. The van der Waals surface area contributed by atoms with E-state index in [4.69, 9.17) is 4.55 Å². The molecule has 0 aliphatic carbocycles. The third kappa shape index (κ3) is 6.26. The molecule has 0 saturated carbocycles. The second-order valence-electron chi connectivity index (χ2n) is 2.39. The lowest BCUT2D eigenvalue weighted by atomic mass is 10.1. The van der Waals surface area contributed by atoms with Crippen molar-refractivity contribution in [2.45, 2.75) is 13.3 Å². The third-order valence-electron chi connectivity index (χ3n) is 1.20. The highest BCUT2D eigenvalue weighted by molar-refractivity contribution is 7.74. The minimum absolute atomic E-state index is 0.0677. The molecule has 0 saturated heterocycles. The van der Waals surface area contributed by atoms with Gasteiger partial charge in [0.25, 0.3) is 0 Å². The summed E-state index contributed by atoms with van der Waals surface area (Å²) in [6, 6.07) is 0. The van der Waals surface area contributed by atoms with E-state index < -0.39 is 11.4 Å². The summed E-state index contributed by atoms with van der Waals surface area (Å²) in [6.45, 7) is 1.79. The summed E-state index contributed by atoms with van der Waals surface area (Å²) < 4.78 is 27.0. The van der Waals surface area contributed by atoms with Crippen molar-refractivity contribution in [1.29, 1.82) is 0 Å². The van der Waals surface area contributed by atoms with E-state index in [1.165, 1.54) is 7.11 Å². The van der Waals surface area contributed by atoms with E-state index in [9.17, 15) is 9.00 Å². The van der Waals surface area contributed by atoms with Crippen LogP contribution in [0.2, 0.25) is 0 Å². The van der Waals surface area contributed by atoms with Gasteiger partial charge in [0.15, 0.2) is 0 Å². The van der Waals surface area contributed by atoms with Crippen molar-refractivity contribution in [2.24, 2.45) is 5.92 Å². The lowest BCUT2D eigenvalue weighted by Crippen LogP contribution is -2.13. The average molecular weight is 196 g/mol. The van der Waals surface area contributed by atoms with Crippen LogP contribution in [-0.2, 0) is 25.1 Å². The third-order valence-corrected chi connectivity index (χ3v) is 1.53. The molecule has 1 N–H and O–H groups in total. The molecular weight excluding hydrogens is 184 g/mol. The highest BCUT2D eigenvalue weighted by atomic mass is 32.2. The Morgan fingerprint density at radius 1 is 1.67 bits per heavy atom. The fourth-order valence-electron chi connectivity index (χ4n) is 0.601. The molecule has 0 amide bonds. The van der Waals surface area contributed by atoms with Gasteiger partial charge in [0.2, 0.25) is 0 Å². The van der Waals surface area contributed by atoms with Crippen LogP contribution in [0.15, 0.2) is 0 Å². The van der Waals surface area contributed by atoms with Gasteiger partial charge >= 0.3 is 17.3 Å². The van der Waals surface area contributed by atoms with Crippen molar-refractivity contribution in [3.63, 3.8) is 0 Å². The molecule has 72 valence electrons. The first-order chi connectivity index (χ1) is 5.56. The van der Waals surface area contributed by atoms with Crippen LogP contribution < -0.4 is 0 Å². The Labute approximate surface area is 73.5 Å². The smallest absolute Gasteiger partial charge is 0.305 e. The quantitative estimate of drug-likeness (QED) is 0.507. The summed E-state index contributed by atoms with van der Waals surface area (Å²) in [5.74, 6) is -0.469. The Hall–Kier alpha value is -0.460. The zero-order chi connectivity index (χ0) is 9.56. The molecule has 0 aromatic carbocycles. The van der Waals surface area contributed by atoms with E-state index in [1.54, 1.807) is 6.92 Å². The average Bonchev–Trinajstić information content (AvgIpc) is 2.00. The molecule has 0 bridgehead atoms. The maximum absolute atomic E-state index is 10.7. The van der Waals surface area contributed by atoms with Crippen molar-refractivity contribution in [3.05, 3.63) is 0 Å². The first-order valence-electron chi connectivity index (χ1n) is 3.37. The molecule has 0 aromatic heterocycles. The van der Waals surface area contributed by atoms with Gasteiger partial charge in [-0.15, -0.1) is 0 Å². The molecule has 0 rings (SSSR count). The number of carbonyl (C=O) groups excluding carboxylic acids is 1. The zero-order valence-electron chi connectivity index (χ0n) is 6.98. The number of hydrogen-bond acceptors (Lipinski definition) is 4. The minimum Gasteiger partial charge on any atom is -0.469 e. The molecule has 0 radical (unpaired) electrons.